The Balaban J connectivity index is 2.05. The lowest BCUT2D eigenvalue weighted by Gasteiger charge is -2.04. The Bertz CT molecular complexity index is 478. The Labute approximate surface area is 89.5 Å². The van der Waals surface area contributed by atoms with Crippen LogP contribution in [-0.2, 0) is 0 Å². The number of H-pyrrole nitrogens is 1. The van der Waals surface area contributed by atoms with Gasteiger partial charge >= 0.3 is 0 Å². The van der Waals surface area contributed by atoms with Gasteiger partial charge in [0.25, 0.3) is 0 Å². The summed E-state index contributed by atoms with van der Waals surface area (Å²) in [6.45, 7) is 0. The number of benzene rings is 1. The van der Waals surface area contributed by atoms with E-state index in [1.165, 1.54) is 42.3 Å². The molecule has 2 nitrogen and oxygen atoms in total. The molecule has 0 amide bonds. The first-order chi connectivity index (χ1) is 7.33. The van der Waals surface area contributed by atoms with Crippen molar-refractivity contribution in [2.75, 3.05) is 5.73 Å². The van der Waals surface area contributed by atoms with Gasteiger partial charge in [0, 0.05) is 22.3 Å². The van der Waals surface area contributed by atoms with Gasteiger partial charge in [0.05, 0.1) is 0 Å². The molecule has 2 aromatic rings. The van der Waals surface area contributed by atoms with Crippen molar-refractivity contribution in [2.24, 2.45) is 0 Å². The van der Waals surface area contributed by atoms with Gasteiger partial charge in [-0.05, 0) is 43.0 Å². The number of aromatic amines is 1. The van der Waals surface area contributed by atoms with Gasteiger partial charge < -0.3 is 10.7 Å². The Morgan fingerprint density at radius 1 is 1.13 bits per heavy atom. The first-order valence-electron chi connectivity index (χ1n) is 5.71. The number of hydrogen-bond donors (Lipinski definition) is 2. The Kier molecular flexibility index (Phi) is 1.94. The van der Waals surface area contributed by atoms with E-state index >= 15 is 0 Å². The highest BCUT2D eigenvalue weighted by atomic mass is 14.7. The molecule has 78 valence electrons. The van der Waals surface area contributed by atoms with E-state index in [1.54, 1.807) is 0 Å². The Morgan fingerprint density at radius 3 is 2.73 bits per heavy atom. The highest BCUT2D eigenvalue weighted by Crippen LogP contribution is 2.35. The third-order valence-corrected chi connectivity index (χ3v) is 3.46. The molecule has 0 bridgehead atoms. The van der Waals surface area contributed by atoms with Crippen molar-refractivity contribution in [3.05, 3.63) is 30.0 Å². The molecule has 1 fully saturated rings. The van der Waals surface area contributed by atoms with Crippen LogP contribution in [0.5, 0.6) is 0 Å². The lowest BCUT2D eigenvalue weighted by Crippen LogP contribution is -1.90. The SMILES string of the molecule is Nc1ccc2[nH]c(C3CCCC3)cc2c1. The van der Waals surface area contributed by atoms with Crippen molar-refractivity contribution in [3.8, 4) is 0 Å². The van der Waals surface area contributed by atoms with E-state index in [0.29, 0.717) is 0 Å². The van der Waals surface area contributed by atoms with Gasteiger partial charge in [0.2, 0.25) is 0 Å². The van der Waals surface area contributed by atoms with Crippen molar-refractivity contribution in [1.29, 1.82) is 0 Å². The summed E-state index contributed by atoms with van der Waals surface area (Å²) in [6.07, 6.45) is 5.43. The second-order valence-electron chi connectivity index (χ2n) is 4.55. The highest BCUT2D eigenvalue weighted by Gasteiger charge is 2.18. The van der Waals surface area contributed by atoms with Crippen LogP contribution in [0.15, 0.2) is 24.3 Å². The minimum absolute atomic E-state index is 0.749. The molecule has 1 saturated carbocycles. The van der Waals surface area contributed by atoms with E-state index in [0.717, 1.165) is 11.6 Å². The first kappa shape index (κ1) is 8.84. The molecule has 1 heterocycles. The quantitative estimate of drug-likeness (QED) is 0.680. The van der Waals surface area contributed by atoms with Crippen LogP contribution in [-0.4, -0.2) is 4.98 Å². The van der Waals surface area contributed by atoms with Crippen LogP contribution in [0.1, 0.15) is 37.3 Å². The average molecular weight is 200 g/mol. The fourth-order valence-corrected chi connectivity index (χ4v) is 2.63. The molecule has 3 rings (SSSR count). The topological polar surface area (TPSA) is 41.8 Å². The highest BCUT2D eigenvalue weighted by molar-refractivity contribution is 5.83. The van der Waals surface area contributed by atoms with Gasteiger partial charge in [-0.1, -0.05) is 12.8 Å². The van der Waals surface area contributed by atoms with E-state index in [4.69, 9.17) is 5.73 Å². The zero-order valence-corrected chi connectivity index (χ0v) is 8.79. The summed E-state index contributed by atoms with van der Waals surface area (Å²) in [5.74, 6) is 0.749. The summed E-state index contributed by atoms with van der Waals surface area (Å²) >= 11 is 0. The van der Waals surface area contributed by atoms with Gasteiger partial charge in [0.1, 0.15) is 0 Å². The fourth-order valence-electron chi connectivity index (χ4n) is 2.63. The van der Waals surface area contributed by atoms with E-state index in [9.17, 15) is 0 Å². The molecule has 1 aromatic heterocycles. The minimum atomic E-state index is 0.749. The molecule has 1 aromatic carbocycles. The Hall–Kier alpha value is -1.44. The number of nitrogens with one attached hydrogen (secondary N) is 1. The largest absolute Gasteiger partial charge is 0.399 e. The number of fused-ring (bicyclic) bond motifs is 1. The van der Waals surface area contributed by atoms with Crippen molar-refractivity contribution >= 4 is 16.6 Å². The molecule has 0 spiro atoms. The number of rotatable bonds is 1. The van der Waals surface area contributed by atoms with Gasteiger partial charge in [-0.3, -0.25) is 0 Å². The lowest BCUT2D eigenvalue weighted by atomic mass is 10.0. The normalized spacial score (nSPS) is 17.6. The molecule has 2 heteroatoms. The van der Waals surface area contributed by atoms with Crippen LogP contribution in [0, 0.1) is 0 Å². The van der Waals surface area contributed by atoms with Gasteiger partial charge in [0.15, 0.2) is 0 Å². The van der Waals surface area contributed by atoms with Crippen LogP contribution in [0.25, 0.3) is 10.9 Å². The zero-order valence-electron chi connectivity index (χ0n) is 8.79. The standard InChI is InChI=1S/C13H16N2/c14-11-5-6-12-10(7-11)8-13(15-12)9-3-1-2-4-9/h5-9,15H,1-4,14H2. The third-order valence-electron chi connectivity index (χ3n) is 3.46. The summed E-state index contributed by atoms with van der Waals surface area (Å²) in [5, 5.41) is 1.25. The van der Waals surface area contributed by atoms with E-state index < -0.39 is 0 Å². The van der Waals surface area contributed by atoms with Crippen LogP contribution in [0.3, 0.4) is 0 Å². The molecule has 0 radical (unpaired) electrons. The molecule has 15 heavy (non-hydrogen) atoms. The smallest absolute Gasteiger partial charge is 0.0457 e. The fraction of sp³-hybridized carbons (Fsp3) is 0.385. The molecule has 1 aliphatic carbocycles. The van der Waals surface area contributed by atoms with Gasteiger partial charge in [-0.25, -0.2) is 0 Å². The lowest BCUT2D eigenvalue weighted by molar-refractivity contribution is 0.705. The number of nitrogens with two attached hydrogens (primary N) is 1. The van der Waals surface area contributed by atoms with Crippen LogP contribution < -0.4 is 5.73 Å². The maximum atomic E-state index is 5.77. The molecule has 0 aliphatic heterocycles. The number of anilines is 1. The molecule has 0 atom stereocenters. The number of nitrogen functional groups attached to an aromatic ring is 1. The van der Waals surface area contributed by atoms with Crippen molar-refractivity contribution in [3.63, 3.8) is 0 Å². The molecule has 1 aliphatic rings. The molecule has 0 unspecified atom stereocenters. The summed E-state index contributed by atoms with van der Waals surface area (Å²) in [7, 11) is 0. The first-order valence-corrected chi connectivity index (χ1v) is 5.71. The maximum Gasteiger partial charge on any atom is 0.0457 e. The predicted molar refractivity (Wildman–Crippen MR) is 63.9 cm³/mol. The number of aromatic nitrogens is 1. The van der Waals surface area contributed by atoms with Gasteiger partial charge in [-0.2, -0.15) is 0 Å². The van der Waals surface area contributed by atoms with Gasteiger partial charge in [-0.15, -0.1) is 0 Å². The van der Waals surface area contributed by atoms with E-state index in [-0.39, 0.29) is 0 Å². The second kappa shape index (κ2) is 3.30. The van der Waals surface area contributed by atoms with Crippen LogP contribution in [0.4, 0.5) is 5.69 Å². The monoisotopic (exact) mass is 200 g/mol. The van der Waals surface area contributed by atoms with E-state index in [1.807, 2.05) is 12.1 Å². The molecular formula is C13H16N2. The summed E-state index contributed by atoms with van der Waals surface area (Å²) in [6, 6.07) is 8.34. The zero-order chi connectivity index (χ0) is 10.3. The molecule has 3 N–H and O–H groups in total. The predicted octanol–water partition coefficient (Wildman–Crippen LogP) is 3.41. The van der Waals surface area contributed by atoms with Crippen molar-refractivity contribution in [2.45, 2.75) is 31.6 Å². The maximum absolute atomic E-state index is 5.77. The summed E-state index contributed by atoms with van der Waals surface area (Å²) in [4.78, 5) is 3.51. The second-order valence-corrected chi connectivity index (χ2v) is 4.55. The summed E-state index contributed by atoms with van der Waals surface area (Å²) < 4.78 is 0. The molecular weight excluding hydrogens is 184 g/mol. The van der Waals surface area contributed by atoms with Crippen LogP contribution in [0.2, 0.25) is 0 Å². The third kappa shape index (κ3) is 1.50. The Morgan fingerprint density at radius 2 is 1.93 bits per heavy atom. The average Bonchev–Trinajstić information content (AvgIpc) is 2.84. The molecule has 0 saturated heterocycles. The van der Waals surface area contributed by atoms with Crippen LogP contribution >= 0.6 is 0 Å². The minimum Gasteiger partial charge on any atom is -0.399 e. The summed E-state index contributed by atoms with van der Waals surface area (Å²) in [5.41, 5.74) is 9.23. The number of hydrogen-bond acceptors (Lipinski definition) is 1. The van der Waals surface area contributed by atoms with E-state index in [2.05, 4.69) is 17.1 Å². The van der Waals surface area contributed by atoms with Crippen molar-refractivity contribution < 1.29 is 0 Å². The van der Waals surface area contributed by atoms with Crippen molar-refractivity contribution in [1.82, 2.24) is 4.98 Å².